The largest absolute Gasteiger partial charge is 0.353 e. The van der Waals surface area contributed by atoms with Crippen molar-refractivity contribution in [3.8, 4) is 0 Å². The zero-order valence-electron chi connectivity index (χ0n) is 14.4. The Morgan fingerprint density at radius 3 is 2.40 bits per heavy atom. The van der Waals surface area contributed by atoms with E-state index in [0.717, 1.165) is 24.8 Å². The van der Waals surface area contributed by atoms with Crippen LogP contribution in [0.2, 0.25) is 0 Å². The summed E-state index contributed by atoms with van der Waals surface area (Å²) < 4.78 is 26.7. The summed E-state index contributed by atoms with van der Waals surface area (Å²) in [7, 11) is -3.31. The lowest BCUT2D eigenvalue weighted by molar-refractivity contribution is -0.125. The molecule has 1 saturated heterocycles. The Labute approximate surface area is 149 Å². The van der Waals surface area contributed by atoms with E-state index in [-0.39, 0.29) is 29.7 Å². The summed E-state index contributed by atoms with van der Waals surface area (Å²) >= 11 is 0. The number of nitrogens with two attached hydrogens (primary N) is 1. The molecule has 7 heteroatoms. The maximum absolute atomic E-state index is 12.6. The summed E-state index contributed by atoms with van der Waals surface area (Å²) in [5.41, 5.74) is 6.67. The van der Waals surface area contributed by atoms with Crippen molar-refractivity contribution in [3.05, 3.63) is 35.9 Å². The molecule has 0 bridgehead atoms. The highest BCUT2D eigenvalue weighted by Crippen LogP contribution is 2.25. The number of piperidine rings is 1. The van der Waals surface area contributed by atoms with Crippen LogP contribution in [0.25, 0.3) is 0 Å². The fourth-order valence-electron chi connectivity index (χ4n) is 3.73. The maximum Gasteiger partial charge on any atom is 0.223 e. The summed E-state index contributed by atoms with van der Waals surface area (Å²) in [5.74, 6) is 0.138. The van der Waals surface area contributed by atoms with E-state index in [1.54, 1.807) is 4.31 Å². The second-order valence-corrected chi connectivity index (χ2v) is 9.16. The van der Waals surface area contributed by atoms with Crippen molar-refractivity contribution < 1.29 is 13.2 Å². The molecule has 2 atom stereocenters. The predicted octanol–water partition coefficient (Wildman–Crippen LogP) is 1.22. The fourth-order valence-corrected chi connectivity index (χ4v) is 5.29. The molecule has 1 heterocycles. The Balaban J connectivity index is 1.49. The lowest BCUT2D eigenvalue weighted by atomic mass is 10.0. The van der Waals surface area contributed by atoms with Crippen LogP contribution in [0, 0.1) is 5.92 Å². The van der Waals surface area contributed by atoms with Gasteiger partial charge in [-0.1, -0.05) is 30.3 Å². The van der Waals surface area contributed by atoms with Crippen molar-refractivity contribution in [3.63, 3.8) is 0 Å². The molecule has 1 aromatic carbocycles. The van der Waals surface area contributed by atoms with Crippen LogP contribution in [0.1, 0.15) is 37.7 Å². The van der Waals surface area contributed by atoms with E-state index in [1.165, 1.54) is 0 Å². The Morgan fingerprint density at radius 1 is 1.12 bits per heavy atom. The fraction of sp³-hybridized carbons (Fsp3) is 0.611. The van der Waals surface area contributed by atoms with E-state index >= 15 is 0 Å². The van der Waals surface area contributed by atoms with Gasteiger partial charge in [0.15, 0.2) is 0 Å². The molecule has 1 amide bonds. The third-order valence-electron chi connectivity index (χ3n) is 5.23. The molecule has 3 N–H and O–H groups in total. The van der Waals surface area contributed by atoms with Crippen LogP contribution in [0.5, 0.6) is 0 Å². The van der Waals surface area contributed by atoms with Gasteiger partial charge in [-0.3, -0.25) is 4.79 Å². The first-order valence-corrected chi connectivity index (χ1v) is 10.6. The monoisotopic (exact) mass is 365 g/mol. The zero-order chi connectivity index (χ0) is 17.9. The summed E-state index contributed by atoms with van der Waals surface area (Å²) in [6.45, 7) is 0.925. The minimum absolute atomic E-state index is 0.0230. The second-order valence-electron chi connectivity index (χ2n) is 7.19. The van der Waals surface area contributed by atoms with Gasteiger partial charge < -0.3 is 11.1 Å². The minimum Gasteiger partial charge on any atom is -0.353 e. The number of sulfonamides is 1. The van der Waals surface area contributed by atoms with Crippen LogP contribution >= 0.6 is 0 Å². The van der Waals surface area contributed by atoms with E-state index in [1.807, 2.05) is 30.3 Å². The number of carbonyl (C=O) groups is 1. The van der Waals surface area contributed by atoms with Crippen LogP contribution in [0.15, 0.2) is 30.3 Å². The summed E-state index contributed by atoms with van der Waals surface area (Å²) in [6, 6.07) is 9.44. The molecular weight excluding hydrogens is 338 g/mol. The summed E-state index contributed by atoms with van der Waals surface area (Å²) in [4.78, 5) is 12.3. The number of nitrogens with one attached hydrogen (secondary N) is 1. The van der Waals surface area contributed by atoms with Gasteiger partial charge >= 0.3 is 0 Å². The van der Waals surface area contributed by atoms with Gasteiger partial charge in [-0.05, 0) is 37.7 Å². The lowest BCUT2D eigenvalue weighted by Crippen LogP contribution is -2.47. The van der Waals surface area contributed by atoms with E-state index in [9.17, 15) is 13.2 Å². The normalized spacial score (nSPS) is 25.8. The van der Waals surface area contributed by atoms with Crippen molar-refractivity contribution in [2.45, 2.75) is 49.9 Å². The van der Waals surface area contributed by atoms with Crippen LogP contribution in [-0.2, 0) is 20.6 Å². The van der Waals surface area contributed by atoms with Crippen molar-refractivity contribution in [2.75, 3.05) is 13.1 Å². The molecule has 0 radical (unpaired) electrons. The first-order chi connectivity index (χ1) is 11.9. The summed E-state index contributed by atoms with van der Waals surface area (Å²) in [6.07, 6.45) is 3.86. The van der Waals surface area contributed by atoms with Gasteiger partial charge in [0.1, 0.15) is 0 Å². The number of amides is 1. The standard InChI is InChI=1S/C18H27N3O3S/c19-16-7-6-15(12-16)18(22)20-17-8-10-21(11-9-17)25(23,24)13-14-4-2-1-3-5-14/h1-5,15-17H,6-13,19H2,(H,20,22). The molecule has 3 rings (SSSR count). The molecule has 1 saturated carbocycles. The second kappa shape index (κ2) is 7.85. The van der Waals surface area contributed by atoms with Crippen LogP contribution < -0.4 is 11.1 Å². The highest BCUT2D eigenvalue weighted by atomic mass is 32.2. The molecule has 1 aromatic rings. The quantitative estimate of drug-likeness (QED) is 0.821. The molecule has 1 aliphatic carbocycles. The van der Waals surface area contributed by atoms with Gasteiger partial charge in [0.05, 0.1) is 5.75 Å². The molecule has 2 aliphatic rings. The number of rotatable bonds is 5. The van der Waals surface area contributed by atoms with Crippen molar-refractivity contribution >= 4 is 15.9 Å². The minimum atomic E-state index is -3.31. The van der Waals surface area contributed by atoms with Crippen molar-refractivity contribution in [1.82, 2.24) is 9.62 Å². The van der Waals surface area contributed by atoms with Crippen LogP contribution in [-0.4, -0.2) is 43.8 Å². The molecule has 25 heavy (non-hydrogen) atoms. The van der Waals surface area contributed by atoms with Gasteiger partial charge in [0, 0.05) is 31.1 Å². The highest BCUT2D eigenvalue weighted by molar-refractivity contribution is 7.88. The topological polar surface area (TPSA) is 92.5 Å². The third kappa shape index (κ3) is 4.80. The van der Waals surface area contributed by atoms with E-state index in [4.69, 9.17) is 5.73 Å². The first-order valence-electron chi connectivity index (χ1n) is 9.02. The SMILES string of the molecule is NC1CCC(C(=O)NC2CCN(S(=O)(=O)Cc3ccccc3)CC2)C1. The molecule has 1 aliphatic heterocycles. The molecule has 6 nitrogen and oxygen atoms in total. The van der Waals surface area contributed by atoms with Gasteiger partial charge in [-0.15, -0.1) is 0 Å². The van der Waals surface area contributed by atoms with Gasteiger partial charge in [-0.2, -0.15) is 0 Å². The number of hydrogen-bond acceptors (Lipinski definition) is 4. The maximum atomic E-state index is 12.6. The van der Waals surface area contributed by atoms with Crippen LogP contribution in [0.4, 0.5) is 0 Å². The summed E-state index contributed by atoms with van der Waals surface area (Å²) in [5, 5.41) is 3.09. The molecule has 0 spiro atoms. The predicted molar refractivity (Wildman–Crippen MR) is 97.1 cm³/mol. The van der Waals surface area contributed by atoms with Gasteiger partial charge in [0.2, 0.25) is 15.9 Å². The molecular formula is C18H27N3O3S. The molecule has 138 valence electrons. The lowest BCUT2D eigenvalue weighted by Gasteiger charge is -2.32. The Hall–Kier alpha value is -1.44. The first kappa shape index (κ1) is 18.4. The van der Waals surface area contributed by atoms with Crippen molar-refractivity contribution in [1.29, 1.82) is 0 Å². The molecule has 2 unspecified atom stereocenters. The third-order valence-corrected chi connectivity index (χ3v) is 7.08. The van der Waals surface area contributed by atoms with Gasteiger partial charge in [-0.25, -0.2) is 12.7 Å². The van der Waals surface area contributed by atoms with Crippen molar-refractivity contribution in [2.24, 2.45) is 11.7 Å². The van der Waals surface area contributed by atoms with E-state index in [0.29, 0.717) is 25.9 Å². The molecule has 0 aromatic heterocycles. The smallest absolute Gasteiger partial charge is 0.223 e. The average Bonchev–Trinajstić information content (AvgIpc) is 3.02. The Morgan fingerprint density at radius 2 is 1.80 bits per heavy atom. The highest BCUT2D eigenvalue weighted by Gasteiger charge is 2.32. The number of carbonyl (C=O) groups excluding carboxylic acids is 1. The number of hydrogen-bond donors (Lipinski definition) is 2. The molecule has 2 fully saturated rings. The van der Waals surface area contributed by atoms with E-state index < -0.39 is 10.0 Å². The Bertz CT molecular complexity index is 685. The van der Waals surface area contributed by atoms with Crippen LogP contribution in [0.3, 0.4) is 0 Å². The average molecular weight is 365 g/mol. The zero-order valence-corrected chi connectivity index (χ0v) is 15.2. The Kier molecular flexibility index (Phi) is 5.76. The van der Waals surface area contributed by atoms with Gasteiger partial charge in [0.25, 0.3) is 0 Å². The number of nitrogens with zero attached hydrogens (tertiary/aromatic N) is 1. The number of benzene rings is 1. The van der Waals surface area contributed by atoms with E-state index in [2.05, 4.69) is 5.32 Å².